The van der Waals surface area contributed by atoms with Crippen LogP contribution in [0.2, 0.25) is 0 Å². The zero-order valence-corrected chi connectivity index (χ0v) is 12.7. The highest BCUT2D eigenvalue weighted by Crippen LogP contribution is 2.29. The highest BCUT2D eigenvalue weighted by Gasteiger charge is 2.12. The zero-order valence-electron chi connectivity index (χ0n) is 10.3. The average molecular weight is 344 g/mol. The van der Waals surface area contributed by atoms with E-state index in [1.165, 1.54) is 0 Å². The second-order valence-corrected chi connectivity index (χ2v) is 6.05. The van der Waals surface area contributed by atoms with E-state index >= 15 is 0 Å². The molecule has 1 fully saturated rings. The standard InChI is InChI=1S/C12H14BrN3O2S/c13-11-2-1-9(18-11)10-7-14-12(19-10)8-15-16-3-5-17-6-4-16/h1-2,7,15H,3-6,8H2. The molecule has 2 aromatic rings. The molecule has 1 aliphatic rings. The third kappa shape index (κ3) is 3.43. The quantitative estimate of drug-likeness (QED) is 0.924. The first-order valence-corrected chi connectivity index (χ1v) is 7.69. The number of morpholine rings is 1. The van der Waals surface area contributed by atoms with Crippen LogP contribution in [0.3, 0.4) is 0 Å². The number of hydrogen-bond acceptors (Lipinski definition) is 6. The molecule has 3 heterocycles. The van der Waals surface area contributed by atoms with Crippen molar-refractivity contribution in [3.63, 3.8) is 0 Å². The molecule has 1 saturated heterocycles. The van der Waals surface area contributed by atoms with Crippen LogP contribution >= 0.6 is 27.3 Å². The number of furan rings is 1. The fourth-order valence-corrected chi connectivity index (χ4v) is 2.97. The SMILES string of the molecule is Brc1ccc(-c2cnc(CNN3CCOCC3)s2)o1. The maximum atomic E-state index is 5.52. The smallest absolute Gasteiger partial charge is 0.169 e. The minimum Gasteiger partial charge on any atom is -0.448 e. The summed E-state index contributed by atoms with van der Waals surface area (Å²) >= 11 is 4.95. The van der Waals surface area contributed by atoms with Crippen LogP contribution in [0.15, 0.2) is 27.4 Å². The predicted octanol–water partition coefficient (Wildman–Crippen LogP) is 2.50. The van der Waals surface area contributed by atoms with Gasteiger partial charge in [0.1, 0.15) is 10.8 Å². The van der Waals surface area contributed by atoms with Gasteiger partial charge in [-0.1, -0.05) is 0 Å². The van der Waals surface area contributed by atoms with E-state index < -0.39 is 0 Å². The van der Waals surface area contributed by atoms with Gasteiger partial charge in [-0.05, 0) is 28.1 Å². The van der Waals surface area contributed by atoms with Crippen molar-refractivity contribution in [2.75, 3.05) is 26.3 Å². The van der Waals surface area contributed by atoms with Gasteiger partial charge in [0.15, 0.2) is 4.67 Å². The van der Waals surface area contributed by atoms with Crippen molar-refractivity contribution in [2.45, 2.75) is 6.54 Å². The maximum Gasteiger partial charge on any atom is 0.169 e. The van der Waals surface area contributed by atoms with E-state index in [2.05, 4.69) is 31.3 Å². The number of rotatable bonds is 4. The number of hydrazine groups is 1. The van der Waals surface area contributed by atoms with Crippen LogP contribution in [0.25, 0.3) is 10.6 Å². The summed E-state index contributed by atoms with van der Waals surface area (Å²) in [6.45, 7) is 4.16. The summed E-state index contributed by atoms with van der Waals surface area (Å²) in [4.78, 5) is 5.45. The van der Waals surface area contributed by atoms with E-state index in [1.807, 2.05) is 18.3 Å². The van der Waals surface area contributed by atoms with Gasteiger partial charge in [-0.15, -0.1) is 11.3 Å². The van der Waals surface area contributed by atoms with E-state index in [1.54, 1.807) is 11.3 Å². The third-order valence-electron chi connectivity index (χ3n) is 2.83. The number of ether oxygens (including phenoxy) is 1. The Kier molecular flexibility index (Phi) is 4.29. The van der Waals surface area contributed by atoms with Gasteiger partial charge in [0.25, 0.3) is 0 Å². The van der Waals surface area contributed by atoms with Crippen LogP contribution in [-0.2, 0) is 11.3 Å². The van der Waals surface area contributed by atoms with E-state index in [0.29, 0.717) is 0 Å². The molecule has 0 aliphatic carbocycles. The Morgan fingerprint density at radius 3 is 2.95 bits per heavy atom. The first-order valence-electron chi connectivity index (χ1n) is 6.08. The normalized spacial score (nSPS) is 16.9. The number of thiazole rings is 1. The number of nitrogens with zero attached hydrogens (tertiary/aromatic N) is 2. The van der Waals surface area contributed by atoms with Crippen molar-refractivity contribution in [1.29, 1.82) is 0 Å². The number of halogens is 1. The summed E-state index contributed by atoms with van der Waals surface area (Å²) in [5, 5.41) is 3.22. The van der Waals surface area contributed by atoms with Crippen molar-refractivity contribution in [1.82, 2.24) is 15.4 Å². The highest BCUT2D eigenvalue weighted by molar-refractivity contribution is 9.10. The summed E-state index contributed by atoms with van der Waals surface area (Å²) in [5.74, 6) is 0.849. The van der Waals surface area contributed by atoms with Crippen LogP contribution in [0.5, 0.6) is 0 Å². The Morgan fingerprint density at radius 1 is 1.37 bits per heavy atom. The fourth-order valence-electron chi connectivity index (χ4n) is 1.85. The molecule has 3 rings (SSSR count). The summed E-state index contributed by atoms with van der Waals surface area (Å²) in [5.41, 5.74) is 3.37. The Morgan fingerprint density at radius 2 is 2.21 bits per heavy atom. The molecule has 0 aromatic carbocycles. The average Bonchev–Trinajstić information content (AvgIpc) is 3.06. The molecule has 19 heavy (non-hydrogen) atoms. The first-order chi connectivity index (χ1) is 9.31. The highest BCUT2D eigenvalue weighted by atomic mass is 79.9. The molecule has 0 radical (unpaired) electrons. The molecule has 0 spiro atoms. The maximum absolute atomic E-state index is 5.52. The van der Waals surface area contributed by atoms with Gasteiger partial charge < -0.3 is 9.15 Å². The van der Waals surface area contributed by atoms with Gasteiger partial charge in [-0.2, -0.15) is 0 Å². The molecule has 2 aromatic heterocycles. The lowest BCUT2D eigenvalue weighted by atomic mass is 10.4. The van der Waals surface area contributed by atoms with Gasteiger partial charge in [0, 0.05) is 19.3 Å². The molecular formula is C12H14BrN3O2S. The molecular weight excluding hydrogens is 330 g/mol. The number of hydrogen-bond donors (Lipinski definition) is 1. The van der Waals surface area contributed by atoms with Gasteiger partial charge in [-0.25, -0.2) is 15.4 Å². The van der Waals surface area contributed by atoms with Gasteiger partial charge >= 0.3 is 0 Å². The van der Waals surface area contributed by atoms with Crippen LogP contribution in [0.1, 0.15) is 5.01 Å². The first kappa shape index (κ1) is 13.3. The van der Waals surface area contributed by atoms with Crippen LogP contribution < -0.4 is 5.43 Å². The Labute approximate surface area is 123 Å². The second kappa shape index (κ2) is 6.15. The molecule has 1 aliphatic heterocycles. The lowest BCUT2D eigenvalue weighted by molar-refractivity contribution is 0.0105. The van der Waals surface area contributed by atoms with E-state index in [-0.39, 0.29) is 0 Å². The minimum atomic E-state index is 0.740. The van der Waals surface area contributed by atoms with Crippen LogP contribution in [-0.4, -0.2) is 36.3 Å². The summed E-state index contributed by atoms with van der Waals surface area (Å²) < 4.78 is 11.6. The largest absolute Gasteiger partial charge is 0.448 e. The molecule has 0 amide bonds. The van der Waals surface area contributed by atoms with Gasteiger partial charge in [0.05, 0.1) is 24.6 Å². The van der Waals surface area contributed by atoms with Crippen molar-refractivity contribution < 1.29 is 9.15 Å². The van der Waals surface area contributed by atoms with Crippen LogP contribution in [0.4, 0.5) is 0 Å². The van der Waals surface area contributed by atoms with Crippen molar-refractivity contribution >= 4 is 27.3 Å². The van der Waals surface area contributed by atoms with Crippen molar-refractivity contribution in [2.24, 2.45) is 0 Å². The Hall–Kier alpha value is -0.730. The summed E-state index contributed by atoms with van der Waals surface area (Å²) in [7, 11) is 0. The number of nitrogens with one attached hydrogen (secondary N) is 1. The fraction of sp³-hybridized carbons (Fsp3) is 0.417. The van der Waals surface area contributed by atoms with Crippen molar-refractivity contribution in [3.05, 3.63) is 28.0 Å². The zero-order chi connectivity index (χ0) is 13.1. The summed E-state index contributed by atoms with van der Waals surface area (Å²) in [6.07, 6.45) is 1.85. The molecule has 0 saturated carbocycles. The van der Waals surface area contributed by atoms with E-state index in [0.717, 1.165) is 53.2 Å². The van der Waals surface area contributed by atoms with E-state index in [4.69, 9.17) is 9.15 Å². The second-order valence-electron chi connectivity index (χ2n) is 4.16. The molecule has 5 nitrogen and oxygen atoms in total. The minimum absolute atomic E-state index is 0.740. The van der Waals surface area contributed by atoms with Crippen molar-refractivity contribution in [3.8, 4) is 10.6 Å². The van der Waals surface area contributed by atoms with E-state index in [9.17, 15) is 0 Å². The lowest BCUT2D eigenvalue weighted by Crippen LogP contribution is -2.45. The molecule has 7 heteroatoms. The molecule has 0 atom stereocenters. The Balaban J connectivity index is 1.58. The van der Waals surface area contributed by atoms with Crippen LogP contribution in [0, 0.1) is 0 Å². The molecule has 102 valence electrons. The third-order valence-corrected chi connectivity index (χ3v) is 4.27. The molecule has 0 bridgehead atoms. The molecule has 0 unspecified atom stereocenters. The molecule has 1 N–H and O–H groups in total. The van der Waals surface area contributed by atoms with Gasteiger partial charge in [0.2, 0.25) is 0 Å². The summed E-state index contributed by atoms with van der Waals surface area (Å²) in [6, 6.07) is 3.83. The predicted molar refractivity (Wildman–Crippen MR) is 76.7 cm³/mol. The van der Waals surface area contributed by atoms with Gasteiger partial charge in [-0.3, -0.25) is 0 Å². The number of aromatic nitrogens is 1. The Bertz CT molecular complexity index is 537. The monoisotopic (exact) mass is 343 g/mol. The lowest BCUT2D eigenvalue weighted by Gasteiger charge is -2.26. The topological polar surface area (TPSA) is 50.5 Å².